The van der Waals surface area contributed by atoms with Gasteiger partial charge in [0.2, 0.25) is 0 Å². The van der Waals surface area contributed by atoms with Crippen LogP contribution in [0.3, 0.4) is 0 Å². The fourth-order valence-electron chi connectivity index (χ4n) is 4.51. The Kier molecular flexibility index (Phi) is 8.32. The van der Waals surface area contributed by atoms with Gasteiger partial charge in [-0.05, 0) is 49.3 Å². The van der Waals surface area contributed by atoms with E-state index in [-0.39, 0.29) is 23.6 Å². The molecule has 0 saturated heterocycles. The van der Waals surface area contributed by atoms with Crippen LogP contribution in [0.4, 0.5) is 0 Å². The summed E-state index contributed by atoms with van der Waals surface area (Å²) in [5, 5.41) is 26.5. The first kappa shape index (κ1) is 27.1. The lowest BCUT2D eigenvalue weighted by atomic mass is 9.84. The van der Waals surface area contributed by atoms with Crippen LogP contribution >= 0.6 is 0 Å². The van der Waals surface area contributed by atoms with Crippen molar-refractivity contribution in [3.05, 3.63) is 52.3 Å². The molecule has 1 aromatic carbocycles. The molecule has 1 aliphatic heterocycles. The van der Waals surface area contributed by atoms with Crippen molar-refractivity contribution in [3.8, 4) is 23.6 Å². The maximum Gasteiger partial charge on any atom is 0.182 e. The van der Waals surface area contributed by atoms with Crippen LogP contribution in [0.1, 0.15) is 98.1 Å². The molecule has 0 bridgehead atoms. The molecule has 4 rings (SSSR count). The van der Waals surface area contributed by atoms with Crippen molar-refractivity contribution >= 4 is 11.6 Å². The van der Waals surface area contributed by atoms with Crippen molar-refractivity contribution in [3.63, 3.8) is 0 Å². The maximum absolute atomic E-state index is 13.6. The highest BCUT2D eigenvalue weighted by atomic mass is 16.5. The summed E-state index contributed by atoms with van der Waals surface area (Å²) in [5.74, 6) is 1.71. The van der Waals surface area contributed by atoms with E-state index in [4.69, 9.17) is 30.4 Å². The number of unbranched alkanes of at least 4 members (excludes halogenated alkanes) is 2. The van der Waals surface area contributed by atoms with E-state index in [1.54, 1.807) is 11.0 Å². The molecule has 0 spiro atoms. The average molecular weight is 514 g/mol. The van der Waals surface area contributed by atoms with Gasteiger partial charge in [0.25, 0.3) is 0 Å². The van der Waals surface area contributed by atoms with Crippen LogP contribution in [-0.4, -0.2) is 41.3 Å². The summed E-state index contributed by atoms with van der Waals surface area (Å²) in [6.07, 6.45) is 4.21. The number of benzene rings is 1. The monoisotopic (exact) mass is 513 g/mol. The van der Waals surface area contributed by atoms with Gasteiger partial charge in [0.05, 0.1) is 31.9 Å². The minimum Gasteiger partial charge on any atom is -0.490 e. The van der Waals surface area contributed by atoms with Crippen LogP contribution in [-0.2, 0) is 12.0 Å². The predicted octanol–water partition coefficient (Wildman–Crippen LogP) is 5.65. The van der Waals surface area contributed by atoms with E-state index in [0.29, 0.717) is 74.1 Å². The molecule has 38 heavy (non-hydrogen) atoms. The zero-order chi connectivity index (χ0) is 27.3. The van der Waals surface area contributed by atoms with Crippen molar-refractivity contribution in [1.29, 1.82) is 15.9 Å². The van der Waals surface area contributed by atoms with Crippen LogP contribution < -0.4 is 9.47 Å². The predicted molar refractivity (Wildman–Crippen MR) is 144 cm³/mol. The minimum absolute atomic E-state index is 0.0633. The molecule has 0 amide bonds. The van der Waals surface area contributed by atoms with Gasteiger partial charge in [0.1, 0.15) is 11.5 Å². The maximum atomic E-state index is 13.6. The van der Waals surface area contributed by atoms with Gasteiger partial charge in [-0.2, -0.15) is 10.5 Å². The Morgan fingerprint density at radius 1 is 1.11 bits per heavy atom. The first-order chi connectivity index (χ1) is 18.2. The Morgan fingerprint density at radius 2 is 1.79 bits per heavy atom. The number of pyridine rings is 1. The Labute approximate surface area is 224 Å². The highest BCUT2D eigenvalue weighted by Crippen LogP contribution is 2.41. The van der Waals surface area contributed by atoms with Gasteiger partial charge >= 0.3 is 0 Å². The number of hydrogen-bond donors (Lipinski definition) is 1. The van der Waals surface area contributed by atoms with Gasteiger partial charge < -0.3 is 14.4 Å². The topological polar surface area (TPSA) is 123 Å². The molecule has 8 heteroatoms. The minimum atomic E-state index is -0.342. The molecule has 198 valence electrons. The number of rotatable bonds is 12. The number of nitrogens with one attached hydrogen (secondary N) is 1. The van der Waals surface area contributed by atoms with Gasteiger partial charge in [-0.3, -0.25) is 10.2 Å². The largest absolute Gasteiger partial charge is 0.490 e. The number of carbonyl (C=O) groups is 1. The van der Waals surface area contributed by atoms with Crippen LogP contribution in [0.15, 0.2) is 24.3 Å². The first-order valence-corrected chi connectivity index (χ1v) is 13.3. The van der Waals surface area contributed by atoms with E-state index < -0.39 is 0 Å². The number of amidine groups is 1. The van der Waals surface area contributed by atoms with Crippen LogP contribution in [0.25, 0.3) is 0 Å². The normalized spacial score (nSPS) is 14.6. The van der Waals surface area contributed by atoms with Gasteiger partial charge in [-0.25, -0.2) is 4.98 Å². The summed E-state index contributed by atoms with van der Waals surface area (Å²) in [5.41, 5.74) is 3.69. The molecule has 1 aromatic heterocycles. The molecule has 2 heterocycles. The number of nitriles is 2. The van der Waals surface area contributed by atoms with E-state index in [1.807, 2.05) is 32.9 Å². The first-order valence-electron chi connectivity index (χ1n) is 13.3. The molecule has 2 aliphatic rings. The lowest BCUT2D eigenvalue weighted by Crippen LogP contribution is -2.30. The number of Topliss-reactive ketones (excluding diaryl/α,β-unsaturated/α-hetero) is 1. The summed E-state index contributed by atoms with van der Waals surface area (Å²) in [6.45, 7) is 7.38. The smallest absolute Gasteiger partial charge is 0.182 e. The van der Waals surface area contributed by atoms with Gasteiger partial charge in [-0.1, -0.05) is 26.8 Å². The molecular formula is C30H35N5O3. The molecule has 0 radical (unpaired) electrons. The van der Waals surface area contributed by atoms with Gasteiger partial charge in [0, 0.05) is 47.7 Å². The van der Waals surface area contributed by atoms with Crippen LogP contribution in [0.2, 0.25) is 0 Å². The Morgan fingerprint density at radius 3 is 2.42 bits per heavy atom. The second-order valence-electron chi connectivity index (χ2n) is 11.0. The molecule has 8 nitrogen and oxygen atoms in total. The second-order valence-corrected chi connectivity index (χ2v) is 11.0. The van der Waals surface area contributed by atoms with Crippen molar-refractivity contribution in [1.82, 2.24) is 9.88 Å². The molecule has 1 fully saturated rings. The van der Waals surface area contributed by atoms with Crippen molar-refractivity contribution in [2.75, 3.05) is 19.8 Å². The van der Waals surface area contributed by atoms with Gasteiger partial charge in [0.15, 0.2) is 17.3 Å². The molecule has 2 aromatic rings. The number of nitrogens with zero attached hydrogens (tertiary/aromatic N) is 4. The zero-order valence-electron chi connectivity index (χ0n) is 22.5. The van der Waals surface area contributed by atoms with Crippen molar-refractivity contribution in [2.45, 2.75) is 77.2 Å². The lowest BCUT2D eigenvalue weighted by Gasteiger charge is -2.26. The Balaban J connectivity index is 1.58. The Hall–Kier alpha value is -3.91. The van der Waals surface area contributed by atoms with Crippen LogP contribution in [0, 0.1) is 28.1 Å². The fraction of sp³-hybridized carbons (Fsp3) is 0.500. The van der Waals surface area contributed by atoms with Gasteiger partial charge in [-0.15, -0.1) is 0 Å². The summed E-state index contributed by atoms with van der Waals surface area (Å²) in [4.78, 5) is 20.1. The average Bonchev–Trinajstić information content (AvgIpc) is 3.69. The molecule has 0 unspecified atom stereocenters. The number of ether oxygens (including phenoxy) is 2. The quantitative estimate of drug-likeness (QED) is 0.287. The second kappa shape index (κ2) is 11.6. The molecule has 1 aliphatic carbocycles. The third-order valence-corrected chi connectivity index (χ3v) is 6.79. The molecule has 0 atom stereocenters. The lowest BCUT2D eigenvalue weighted by molar-refractivity contribution is 0.0962. The third-order valence-electron chi connectivity index (χ3n) is 6.79. The number of aromatic nitrogens is 1. The summed E-state index contributed by atoms with van der Waals surface area (Å²) >= 11 is 0. The zero-order valence-corrected chi connectivity index (χ0v) is 22.5. The van der Waals surface area contributed by atoms with E-state index in [9.17, 15) is 4.79 Å². The van der Waals surface area contributed by atoms with Crippen molar-refractivity contribution < 1.29 is 14.3 Å². The third kappa shape index (κ3) is 6.31. The summed E-state index contributed by atoms with van der Waals surface area (Å²) in [7, 11) is 0. The fourth-order valence-corrected chi connectivity index (χ4v) is 4.51. The van der Waals surface area contributed by atoms with E-state index in [0.717, 1.165) is 29.7 Å². The molecule has 1 saturated carbocycles. The number of hydrogen-bond acceptors (Lipinski definition) is 7. The van der Waals surface area contributed by atoms with Crippen LogP contribution in [0.5, 0.6) is 11.5 Å². The van der Waals surface area contributed by atoms with Crippen molar-refractivity contribution in [2.24, 2.45) is 0 Å². The SMILES string of the molecule is CC(C)(C)c1cc(C(=O)CN2Cc3ccc(C4CC4)nc3C2=N)cc(OCCCC#N)c1OCCCC#N. The number of fused-ring (bicyclic) bond motifs is 1. The molecule has 1 N–H and O–H groups in total. The van der Waals surface area contributed by atoms with E-state index in [2.05, 4.69) is 18.2 Å². The standard InChI is InChI=1S/C30H35N5O3/c1-30(2,3)23-16-22(17-26(37-14-6-4-12-31)28(23)38-15-7-5-13-32)25(36)19-35-18-21-10-11-24(20-8-9-20)34-27(21)29(35)33/h10-11,16-17,20,33H,4-9,14-15,18-19H2,1-3H3. The molecular weight excluding hydrogens is 478 g/mol. The summed E-state index contributed by atoms with van der Waals surface area (Å²) < 4.78 is 12.2. The van der Waals surface area contributed by atoms with E-state index in [1.165, 1.54) is 0 Å². The highest BCUT2D eigenvalue weighted by Gasteiger charge is 2.32. The summed E-state index contributed by atoms with van der Waals surface area (Å²) in [6, 6.07) is 11.9. The Bertz CT molecular complexity index is 1290. The number of ketones is 1. The highest BCUT2D eigenvalue weighted by molar-refractivity contribution is 6.04. The van der Waals surface area contributed by atoms with E-state index >= 15 is 0 Å². The number of carbonyl (C=O) groups excluding carboxylic acids is 1.